The molecule has 1 fully saturated rings. The molecule has 6 heteroatoms. The molecule has 1 aliphatic heterocycles. The van der Waals surface area contributed by atoms with Crippen molar-refractivity contribution in [2.24, 2.45) is 0 Å². The third kappa shape index (κ3) is 5.50. The Morgan fingerprint density at radius 1 is 0.800 bits per heavy atom. The van der Waals surface area contributed by atoms with E-state index in [2.05, 4.69) is 46.4 Å². The molecule has 1 aliphatic rings. The fourth-order valence-electron chi connectivity index (χ4n) is 4.41. The topological polar surface area (TPSA) is 53.4 Å². The van der Waals surface area contributed by atoms with E-state index in [0.717, 1.165) is 55.1 Å². The van der Waals surface area contributed by atoms with Crippen LogP contribution in [0.5, 0.6) is 0 Å². The molecule has 0 atom stereocenters. The van der Waals surface area contributed by atoms with Crippen LogP contribution in [0.3, 0.4) is 0 Å². The van der Waals surface area contributed by atoms with Crippen molar-refractivity contribution in [1.29, 1.82) is 0 Å². The van der Waals surface area contributed by atoms with Crippen LogP contribution in [0.1, 0.15) is 10.4 Å². The first-order valence-electron chi connectivity index (χ1n) is 12.2. The molecule has 1 aromatic heterocycles. The highest BCUT2D eigenvalue weighted by atomic mass is 16.1. The first kappa shape index (κ1) is 23.0. The Balaban J connectivity index is 1.37. The van der Waals surface area contributed by atoms with Gasteiger partial charge in [-0.1, -0.05) is 72.8 Å². The molecule has 1 N–H and O–H groups in total. The molecular formula is C29H31N5O. The Kier molecular flexibility index (Phi) is 7.02. The molecule has 3 aromatic carbocycles. The van der Waals surface area contributed by atoms with Gasteiger partial charge >= 0.3 is 0 Å². The van der Waals surface area contributed by atoms with Gasteiger partial charge in [0.25, 0.3) is 5.91 Å². The average molecular weight is 466 g/mol. The van der Waals surface area contributed by atoms with E-state index in [-0.39, 0.29) is 5.91 Å². The predicted molar refractivity (Wildman–Crippen MR) is 141 cm³/mol. The SMILES string of the molecule is CN1CCN(CCNC(=O)c2cn(-c3ccccc3)nc2-c2ccc(-c3ccccc3)cc2)CC1. The van der Waals surface area contributed by atoms with Crippen LogP contribution in [0.4, 0.5) is 0 Å². The van der Waals surface area contributed by atoms with Crippen LogP contribution >= 0.6 is 0 Å². The van der Waals surface area contributed by atoms with Crippen LogP contribution in [0.15, 0.2) is 91.1 Å². The van der Waals surface area contributed by atoms with Gasteiger partial charge in [0.1, 0.15) is 5.69 Å². The van der Waals surface area contributed by atoms with Crippen LogP contribution in [-0.2, 0) is 0 Å². The third-order valence-corrected chi connectivity index (χ3v) is 6.55. The minimum atomic E-state index is -0.0940. The number of benzene rings is 3. The summed E-state index contributed by atoms with van der Waals surface area (Å²) in [7, 11) is 2.15. The molecule has 0 saturated carbocycles. The van der Waals surface area contributed by atoms with Gasteiger partial charge in [0.05, 0.1) is 11.3 Å². The highest BCUT2D eigenvalue weighted by Crippen LogP contribution is 2.27. The minimum absolute atomic E-state index is 0.0940. The maximum atomic E-state index is 13.3. The smallest absolute Gasteiger partial charge is 0.255 e. The predicted octanol–water partition coefficient (Wildman–Crippen LogP) is 4.18. The van der Waals surface area contributed by atoms with Gasteiger partial charge in [-0.25, -0.2) is 4.68 Å². The van der Waals surface area contributed by atoms with Gasteiger partial charge in [-0.15, -0.1) is 0 Å². The number of hydrogen-bond donors (Lipinski definition) is 1. The molecule has 0 bridgehead atoms. The van der Waals surface area contributed by atoms with Crippen molar-refractivity contribution in [2.75, 3.05) is 46.3 Å². The number of rotatable bonds is 7. The number of likely N-dealkylation sites (N-methyl/N-ethyl adjacent to an activating group) is 1. The lowest BCUT2D eigenvalue weighted by molar-refractivity contribution is 0.0941. The minimum Gasteiger partial charge on any atom is -0.351 e. The van der Waals surface area contributed by atoms with E-state index < -0.39 is 0 Å². The summed E-state index contributed by atoms with van der Waals surface area (Å²) in [6.45, 7) is 5.69. The van der Waals surface area contributed by atoms with Crippen molar-refractivity contribution >= 4 is 5.91 Å². The second kappa shape index (κ2) is 10.7. The van der Waals surface area contributed by atoms with Gasteiger partial charge in [0, 0.05) is 51.0 Å². The molecule has 0 spiro atoms. The number of para-hydroxylation sites is 1. The maximum Gasteiger partial charge on any atom is 0.255 e. The summed E-state index contributed by atoms with van der Waals surface area (Å²) in [4.78, 5) is 18.0. The summed E-state index contributed by atoms with van der Waals surface area (Å²) in [5, 5.41) is 7.94. The van der Waals surface area contributed by atoms with Crippen molar-refractivity contribution < 1.29 is 4.79 Å². The van der Waals surface area contributed by atoms with Crippen LogP contribution < -0.4 is 5.32 Å². The lowest BCUT2D eigenvalue weighted by atomic mass is 10.0. The fourth-order valence-corrected chi connectivity index (χ4v) is 4.41. The summed E-state index contributed by atoms with van der Waals surface area (Å²) in [5.41, 5.74) is 5.41. The molecule has 0 unspecified atom stereocenters. The molecule has 6 nitrogen and oxygen atoms in total. The molecule has 178 valence electrons. The summed E-state index contributed by atoms with van der Waals surface area (Å²) in [6, 6.07) is 28.4. The molecule has 1 saturated heterocycles. The second-order valence-corrected chi connectivity index (χ2v) is 9.02. The van der Waals surface area contributed by atoms with Gasteiger partial charge in [-0.2, -0.15) is 5.10 Å². The van der Waals surface area contributed by atoms with Gasteiger partial charge in [0.15, 0.2) is 0 Å². The van der Waals surface area contributed by atoms with Crippen molar-refractivity contribution in [1.82, 2.24) is 24.9 Å². The summed E-state index contributed by atoms with van der Waals surface area (Å²) in [6.07, 6.45) is 1.83. The zero-order valence-electron chi connectivity index (χ0n) is 20.1. The molecule has 0 radical (unpaired) electrons. The molecule has 0 aliphatic carbocycles. The highest BCUT2D eigenvalue weighted by molar-refractivity contribution is 6.00. The number of nitrogens with one attached hydrogen (secondary N) is 1. The summed E-state index contributed by atoms with van der Waals surface area (Å²) in [5.74, 6) is -0.0940. The quantitative estimate of drug-likeness (QED) is 0.445. The average Bonchev–Trinajstić information content (AvgIpc) is 3.37. The van der Waals surface area contributed by atoms with E-state index in [9.17, 15) is 4.79 Å². The van der Waals surface area contributed by atoms with E-state index in [4.69, 9.17) is 5.10 Å². The van der Waals surface area contributed by atoms with Crippen molar-refractivity contribution in [2.45, 2.75) is 0 Å². The van der Waals surface area contributed by atoms with Gasteiger partial charge in [-0.05, 0) is 30.3 Å². The first-order chi connectivity index (χ1) is 17.2. The maximum absolute atomic E-state index is 13.3. The molecule has 5 rings (SSSR count). The Labute approximate surface area is 206 Å². The largest absolute Gasteiger partial charge is 0.351 e. The van der Waals surface area contributed by atoms with Gasteiger partial charge in [0.2, 0.25) is 0 Å². The molecular weight excluding hydrogens is 434 g/mol. The van der Waals surface area contributed by atoms with Crippen LogP contribution in [0.2, 0.25) is 0 Å². The molecule has 4 aromatic rings. The van der Waals surface area contributed by atoms with Crippen molar-refractivity contribution in [3.05, 3.63) is 96.7 Å². The van der Waals surface area contributed by atoms with E-state index in [1.807, 2.05) is 66.9 Å². The molecule has 1 amide bonds. The van der Waals surface area contributed by atoms with E-state index in [1.54, 1.807) is 4.68 Å². The van der Waals surface area contributed by atoms with E-state index in [0.29, 0.717) is 17.8 Å². The molecule has 35 heavy (non-hydrogen) atoms. The summed E-state index contributed by atoms with van der Waals surface area (Å²) >= 11 is 0. The molecule has 2 heterocycles. The Bertz CT molecular complexity index is 1240. The number of carbonyl (C=O) groups excluding carboxylic acids is 1. The van der Waals surface area contributed by atoms with Crippen molar-refractivity contribution in [3.63, 3.8) is 0 Å². The lowest BCUT2D eigenvalue weighted by Gasteiger charge is -2.32. The number of hydrogen-bond acceptors (Lipinski definition) is 4. The van der Waals surface area contributed by atoms with Gasteiger partial charge in [-0.3, -0.25) is 9.69 Å². The number of aromatic nitrogens is 2. The first-order valence-corrected chi connectivity index (χ1v) is 12.2. The highest BCUT2D eigenvalue weighted by Gasteiger charge is 2.19. The van der Waals surface area contributed by atoms with E-state index in [1.165, 1.54) is 0 Å². The lowest BCUT2D eigenvalue weighted by Crippen LogP contribution is -2.46. The summed E-state index contributed by atoms with van der Waals surface area (Å²) < 4.78 is 1.79. The Morgan fingerprint density at radius 2 is 1.40 bits per heavy atom. The van der Waals surface area contributed by atoms with Crippen LogP contribution in [-0.4, -0.2) is 71.8 Å². The van der Waals surface area contributed by atoms with Gasteiger partial charge < -0.3 is 10.2 Å². The zero-order chi connectivity index (χ0) is 24.0. The second-order valence-electron chi connectivity index (χ2n) is 9.02. The fraction of sp³-hybridized carbons (Fsp3) is 0.241. The van der Waals surface area contributed by atoms with Crippen molar-refractivity contribution in [3.8, 4) is 28.1 Å². The Hall–Kier alpha value is -3.74. The standard InChI is InChI=1S/C29H31N5O/c1-32-18-20-33(21-19-32)17-16-30-29(35)27-22-34(26-10-6-3-7-11-26)31-28(27)25-14-12-24(13-15-25)23-8-4-2-5-9-23/h2-15,22H,16-21H2,1H3,(H,30,35). The normalized spacial score (nSPS) is 14.7. The third-order valence-electron chi connectivity index (χ3n) is 6.55. The van der Waals surface area contributed by atoms with Crippen LogP contribution in [0.25, 0.3) is 28.1 Å². The monoisotopic (exact) mass is 465 g/mol. The number of amides is 1. The number of carbonyl (C=O) groups is 1. The number of piperazine rings is 1. The number of nitrogens with zero attached hydrogens (tertiary/aromatic N) is 4. The van der Waals surface area contributed by atoms with E-state index >= 15 is 0 Å². The Morgan fingerprint density at radius 3 is 2.09 bits per heavy atom. The van der Waals surface area contributed by atoms with Crippen LogP contribution in [0, 0.1) is 0 Å². The zero-order valence-corrected chi connectivity index (χ0v) is 20.1.